The third-order valence-corrected chi connectivity index (χ3v) is 5.64. The highest BCUT2D eigenvalue weighted by Gasteiger charge is 2.54. The van der Waals surface area contributed by atoms with E-state index in [1.54, 1.807) is 13.0 Å². The number of carbonyl (C=O) groups excluding carboxylic acids is 1. The summed E-state index contributed by atoms with van der Waals surface area (Å²) in [4.78, 5) is 11.8. The molecule has 0 saturated heterocycles. The van der Waals surface area contributed by atoms with Gasteiger partial charge in [-0.2, -0.15) is 0 Å². The first kappa shape index (κ1) is 15.1. The van der Waals surface area contributed by atoms with Crippen LogP contribution in [-0.4, -0.2) is 12.6 Å². The van der Waals surface area contributed by atoms with Gasteiger partial charge in [0.1, 0.15) is 0 Å². The summed E-state index contributed by atoms with van der Waals surface area (Å²) in [7, 11) is 0. The molecule has 2 aliphatic rings. The summed E-state index contributed by atoms with van der Waals surface area (Å²) < 4.78 is 5.52. The Morgan fingerprint density at radius 1 is 1.45 bits per heavy atom. The van der Waals surface area contributed by atoms with Gasteiger partial charge in [0.25, 0.3) is 0 Å². The molecular weight excluding hydrogens is 248 g/mol. The Morgan fingerprint density at radius 2 is 2.10 bits per heavy atom. The van der Waals surface area contributed by atoms with Crippen LogP contribution in [0.2, 0.25) is 0 Å². The van der Waals surface area contributed by atoms with Gasteiger partial charge in [-0.25, -0.2) is 4.79 Å². The summed E-state index contributed by atoms with van der Waals surface area (Å²) in [5.74, 6) is 0.853. The van der Waals surface area contributed by atoms with Gasteiger partial charge in [-0.05, 0) is 53.4 Å². The topological polar surface area (TPSA) is 26.3 Å². The van der Waals surface area contributed by atoms with Gasteiger partial charge in [-0.15, -0.1) is 0 Å². The standard InChI is InChI=1S/C18H26O2/c1-7-12(4)17(19)20-10-16-8-15-9-18(16,11(2)3)14(6)13(15)5/h7,15-16H,2,8-10H2,1,3-6H3/b12-7-/t15?,16-,18-/m1/s1. The minimum atomic E-state index is -0.189. The zero-order chi connectivity index (χ0) is 15.1. The van der Waals surface area contributed by atoms with Gasteiger partial charge in [-0.1, -0.05) is 29.4 Å². The molecule has 20 heavy (non-hydrogen) atoms. The van der Waals surface area contributed by atoms with Crippen LogP contribution in [0.1, 0.15) is 47.5 Å². The van der Waals surface area contributed by atoms with Crippen LogP contribution in [0.15, 0.2) is 34.9 Å². The number of hydrogen-bond donors (Lipinski definition) is 0. The normalized spacial score (nSPS) is 32.8. The quantitative estimate of drug-likeness (QED) is 0.430. The smallest absolute Gasteiger partial charge is 0.333 e. The molecule has 2 aliphatic carbocycles. The van der Waals surface area contributed by atoms with Crippen LogP contribution in [0.3, 0.4) is 0 Å². The van der Waals surface area contributed by atoms with Crippen molar-refractivity contribution in [2.45, 2.75) is 47.5 Å². The van der Waals surface area contributed by atoms with Gasteiger partial charge in [-0.3, -0.25) is 0 Å². The van der Waals surface area contributed by atoms with Crippen LogP contribution in [-0.2, 0) is 9.53 Å². The van der Waals surface area contributed by atoms with E-state index in [1.165, 1.54) is 16.7 Å². The van der Waals surface area contributed by atoms with Crippen LogP contribution >= 0.6 is 0 Å². The molecule has 0 aliphatic heterocycles. The van der Waals surface area contributed by atoms with E-state index >= 15 is 0 Å². The fourth-order valence-electron chi connectivity index (χ4n) is 4.09. The number of allylic oxidation sites excluding steroid dienone is 4. The van der Waals surface area contributed by atoms with Crippen molar-refractivity contribution in [2.75, 3.05) is 6.61 Å². The molecule has 2 bridgehead atoms. The van der Waals surface area contributed by atoms with Crippen LogP contribution in [0.25, 0.3) is 0 Å². The molecule has 0 aromatic rings. The van der Waals surface area contributed by atoms with E-state index in [2.05, 4.69) is 27.4 Å². The van der Waals surface area contributed by atoms with Crippen LogP contribution in [0, 0.1) is 17.3 Å². The summed E-state index contributed by atoms with van der Waals surface area (Å²) in [5.41, 5.74) is 4.96. The van der Waals surface area contributed by atoms with Gasteiger partial charge in [0.15, 0.2) is 0 Å². The second-order valence-corrected chi connectivity index (χ2v) is 6.46. The SMILES string of the molecule is C=C(C)[C@@]12CC(C[C@@H]1COC(=O)/C(C)=C\C)C(C)=C2C. The Kier molecular flexibility index (Phi) is 3.95. The molecule has 1 saturated carbocycles. The molecule has 0 N–H and O–H groups in total. The van der Waals surface area contributed by atoms with Gasteiger partial charge >= 0.3 is 5.97 Å². The third kappa shape index (κ3) is 2.06. The zero-order valence-electron chi connectivity index (χ0n) is 13.4. The highest BCUT2D eigenvalue weighted by molar-refractivity contribution is 5.87. The fourth-order valence-corrected chi connectivity index (χ4v) is 4.09. The second kappa shape index (κ2) is 5.23. The monoisotopic (exact) mass is 274 g/mol. The van der Waals surface area contributed by atoms with E-state index < -0.39 is 0 Å². The Labute approximate surface area is 122 Å². The molecule has 1 fully saturated rings. The number of hydrogen-bond acceptors (Lipinski definition) is 2. The van der Waals surface area contributed by atoms with E-state index in [0.29, 0.717) is 24.0 Å². The summed E-state index contributed by atoms with van der Waals surface area (Å²) >= 11 is 0. The van der Waals surface area contributed by atoms with Crippen molar-refractivity contribution in [1.82, 2.24) is 0 Å². The summed E-state index contributed by atoms with van der Waals surface area (Å²) in [6.07, 6.45) is 4.08. The summed E-state index contributed by atoms with van der Waals surface area (Å²) in [6, 6.07) is 0. The maximum Gasteiger partial charge on any atom is 0.333 e. The molecule has 1 unspecified atom stereocenters. The average Bonchev–Trinajstić information content (AvgIpc) is 2.92. The molecule has 0 aromatic carbocycles. The number of fused-ring (bicyclic) bond motifs is 2. The molecule has 2 rings (SSSR count). The molecule has 0 spiro atoms. The molecule has 110 valence electrons. The maximum atomic E-state index is 11.8. The average molecular weight is 274 g/mol. The number of ether oxygens (including phenoxy) is 1. The second-order valence-electron chi connectivity index (χ2n) is 6.46. The van der Waals surface area contributed by atoms with E-state index in [0.717, 1.165) is 12.8 Å². The van der Waals surface area contributed by atoms with E-state index in [4.69, 9.17) is 4.74 Å². The lowest BCUT2D eigenvalue weighted by Gasteiger charge is -2.37. The van der Waals surface area contributed by atoms with E-state index in [-0.39, 0.29) is 11.4 Å². The van der Waals surface area contributed by atoms with Crippen molar-refractivity contribution in [3.63, 3.8) is 0 Å². The zero-order valence-corrected chi connectivity index (χ0v) is 13.4. The highest BCUT2D eigenvalue weighted by Crippen LogP contribution is 2.63. The Bertz CT molecular complexity index is 510. The van der Waals surface area contributed by atoms with Crippen molar-refractivity contribution in [3.05, 3.63) is 34.9 Å². The van der Waals surface area contributed by atoms with Crippen LogP contribution < -0.4 is 0 Å². The predicted molar refractivity (Wildman–Crippen MR) is 82.2 cm³/mol. The Morgan fingerprint density at radius 3 is 2.60 bits per heavy atom. The lowest BCUT2D eigenvalue weighted by Crippen LogP contribution is -2.32. The molecule has 3 atom stereocenters. The van der Waals surface area contributed by atoms with Crippen LogP contribution in [0.5, 0.6) is 0 Å². The molecule has 0 aromatic heterocycles. The molecule has 0 heterocycles. The molecule has 0 amide bonds. The first-order chi connectivity index (χ1) is 9.34. The van der Waals surface area contributed by atoms with Crippen molar-refractivity contribution in [3.8, 4) is 0 Å². The molecule has 2 nitrogen and oxygen atoms in total. The third-order valence-electron chi connectivity index (χ3n) is 5.64. The van der Waals surface area contributed by atoms with Gasteiger partial charge in [0.05, 0.1) is 6.61 Å². The Hall–Kier alpha value is -1.31. The van der Waals surface area contributed by atoms with E-state index in [1.807, 2.05) is 6.92 Å². The van der Waals surface area contributed by atoms with Crippen molar-refractivity contribution < 1.29 is 9.53 Å². The maximum absolute atomic E-state index is 11.8. The molecule has 2 heteroatoms. The largest absolute Gasteiger partial charge is 0.462 e. The number of carbonyl (C=O) groups is 1. The fraction of sp³-hybridized carbons (Fsp3) is 0.611. The first-order valence-electron chi connectivity index (χ1n) is 7.48. The highest BCUT2D eigenvalue weighted by atomic mass is 16.5. The van der Waals surface area contributed by atoms with E-state index in [9.17, 15) is 4.79 Å². The lowest BCUT2D eigenvalue weighted by molar-refractivity contribution is -0.141. The van der Waals surface area contributed by atoms with Crippen LogP contribution in [0.4, 0.5) is 0 Å². The Balaban J connectivity index is 2.15. The number of rotatable bonds is 4. The van der Waals surface area contributed by atoms with Gasteiger partial charge in [0.2, 0.25) is 0 Å². The summed E-state index contributed by atoms with van der Waals surface area (Å²) in [6.45, 7) is 15.0. The first-order valence-corrected chi connectivity index (χ1v) is 7.48. The van der Waals surface area contributed by atoms with Crippen molar-refractivity contribution >= 4 is 5.97 Å². The lowest BCUT2D eigenvalue weighted by atomic mass is 9.68. The minimum Gasteiger partial charge on any atom is -0.462 e. The van der Waals surface area contributed by atoms with Gasteiger partial charge < -0.3 is 4.74 Å². The van der Waals surface area contributed by atoms with Crippen molar-refractivity contribution in [2.24, 2.45) is 17.3 Å². The minimum absolute atomic E-state index is 0.0683. The molecule has 0 radical (unpaired) electrons. The predicted octanol–water partition coefficient (Wildman–Crippen LogP) is 4.43. The number of esters is 1. The van der Waals surface area contributed by atoms with Gasteiger partial charge in [0, 0.05) is 16.9 Å². The molecular formula is C18H26O2. The summed E-state index contributed by atoms with van der Waals surface area (Å²) in [5, 5.41) is 0. The van der Waals surface area contributed by atoms with Crippen molar-refractivity contribution in [1.29, 1.82) is 0 Å².